The van der Waals surface area contributed by atoms with E-state index in [1.165, 1.54) is 0 Å². The highest BCUT2D eigenvalue weighted by atomic mass is 80.0. The molecule has 0 amide bonds. The first-order valence-corrected chi connectivity index (χ1v) is 5.57. The van der Waals surface area contributed by atoms with Gasteiger partial charge < -0.3 is 5.11 Å². The minimum atomic E-state index is -0.674. The van der Waals surface area contributed by atoms with E-state index in [0.29, 0.717) is 5.92 Å². The SMILES string of the molecule is O=C(O)C1CC1CC(Br)(Br)Br. The zero-order valence-electron chi connectivity index (χ0n) is 5.56. The quantitative estimate of drug-likeness (QED) is 0.777. The Morgan fingerprint density at radius 1 is 1.55 bits per heavy atom. The average Bonchev–Trinajstić information content (AvgIpc) is 2.40. The third kappa shape index (κ3) is 3.42. The predicted molar refractivity (Wildman–Crippen MR) is 53.4 cm³/mol. The van der Waals surface area contributed by atoms with Gasteiger partial charge in [0.2, 0.25) is 0 Å². The maximum Gasteiger partial charge on any atom is 0.306 e. The van der Waals surface area contributed by atoms with Crippen molar-refractivity contribution in [3.05, 3.63) is 0 Å². The summed E-state index contributed by atoms with van der Waals surface area (Å²) in [5.74, 6) is -0.487. The minimum Gasteiger partial charge on any atom is -0.481 e. The van der Waals surface area contributed by atoms with E-state index in [1.54, 1.807) is 0 Å². The van der Waals surface area contributed by atoms with Gasteiger partial charge in [0.05, 0.1) is 5.92 Å². The molecule has 2 atom stereocenters. The number of carbonyl (C=O) groups is 1. The number of hydrogen-bond acceptors (Lipinski definition) is 1. The molecule has 0 aromatic rings. The van der Waals surface area contributed by atoms with Crippen LogP contribution in [0.2, 0.25) is 0 Å². The van der Waals surface area contributed by atoms with Crippen molar-refractivity contribution in [3.8, 4) is 0 Å². The lowest BCUT2D eigenvalue weighted by atomic mass is 10.2. The molecule has 5 heteroatoms. The Balaban J connectivity index is 2.29. The fourth-order valence-corrected chi connectivity index (χ4v) is 2.32. The number of hydrogen-bond donors (Lipinski definition) is 1. The van der Waals surface area contributed by atoms with Gasteiger partial charge in [0, 0.05) is 0 Å². The second-order valence-electron chi connectivity index (χ2n) is 2.76. The molecule has 1 N–H and O–H groups in total. The van der Waals surface area contributed by atoms with Crippen LogP contribution in [0.3, 0.4) is 0 Å². The smallest absolute Gasteiger partial charge is 0.306 e. The molecule has 2 nitrogen and oxygen atoms in total. The summed E-state index contributed by atoms with van der Waals surface area (Å²) in [5, 5.41) is 8.57. The monoisotopic (exact) mass is 348 g/mol. The van der Waals surface area contributed by atoms with Gasteiger partial charge in [-0.1, -0.05) is 47.8 Å². The lowest BCUT2D eigenvalue weighted by Crippen LogP contribution is -2.05. The molecule has 64 valence electrons. The molecule has 1 rings (SSSR count). The third-order valence-electron chi connectivity index (χ3n) is 1.73. The summed E-state index contributed by atoms with van der Waals surface area (Å²) in [6.07, 6.45) is 1.60. The Hall–Kier alpha value is 0.910. The average molecular weight is 351 g/mol. The van der Waals surface area contributed by atoms with Crippen molar-refractivity contribution in [3.63, 3.8) is 0 Å². The highest BCUT2D eigenvalue weighted by Gasteiger charge is 2.45. The molecular weight excluding hydrogens is 344 g/mol. The molecule has 1 aliphatic rings. The third-order valence-corrected chi connectivity index (χ3v) is 2.70. The standard InChI is InChI=1S/C6H7Br3O2/c7-6(8,9)2-3-1-4(3)5(10)11/h3-4H,1-2H2,(H,10,11). The fourth-order valence-electron chi connectivity index (χ4n) is 1.07. The molecule has 11 heavy (non-hydrogen) atoms. The molecule has 0 spiro atoms. The van der Waals surface area contributed by atoms with Crippen molar-refractivity contribution >= 4 is 53.8 Å². The molecular formula is C6H7Br3O2. The van der Waals surface area contributed by atoms with Crippen molar-refractivity contribution in [2.75, 3.05) is 0 Å². The molecule has 0 bridgehead atoms. The maximum absolute atomic E-state index is 10.4. The Kier molecular flexibility index (Phi) is 3.03. The molecule has 1 saturated carbocycles. The van der Waals surface area contributed by atoms with Crippen LogP contribution in [-0.4, -0.2) is 13.2 Å². The second kappa shape index (κ2) is 3.34. The highest BCUT2D eigenvalue weighted by molar-refractivity contribution is 9.39. The lowest BCUT2D eigenvalue weighted by Gasteiger charge is -2.09. The fraction of sp³-hybridized carbons (Fsp3) is 0.833. The van der Waals surface area contributed by atoms with Crippen molar-refractivity contribution in [2.45, 2.75) is 15.0 Å². The van der Waals surface area contributed by atoms with E-state index in [-0.39, 0.29) is 8.06 Å². The van der Waals surface area contributed by atoms with Crippen LogP contribution in [-0.2, 0) is 4.79 Å². The minimum absolute atomic E-state index is 0.123. The molecule has 0 saturated heterocycles. The summed E-state index contributed by atoms with van der Waals surface area (Å²) < 4.78 is -0.276. The molecule has 0 aliphatic heterocycles. The molecule has 0 aromatic carbocycles. The van der Waals surface area contributed by atoms with Crippen molar-refractivity contribution in [1.29, 1.82) is 0 Å². The Labute approximate surface area is 90.1 Å². The van der Waals surface area contributed by atoms with Gasteiger partial charge in [-0.25, -0.2) is 0 Å². The molecule has 0 radical (unpaired) electrons. The number of carboxylic acids is 1. The van der Waals surface area contributed by atoms with Gasteiger partial charge in [-0.15, -0.1) is 0 Å². The van der Waals surface area contributed by atoms with E-state index >= 15 is 0 Å². The number of rotatable bonds is 2. The zero-order valence-corrected chi connectivity index (χ0v) is 10.3. The van der Waals surface area contributed by atoms with Gasteiger partial charge in [0.15, 0.2) is 0 Å². The van der Waals surface area contributed by atoms with E-state index in [1.807, 2.05) is 0 Å². The normalized spacial score (nSPS) is 30.1. The predicted octanol–water partition coefficient (Wildman–Crippen LogP) is 2.94. The maximum atomic E-state index is 10.4. The van der Waals surface area contributed by atoms with Gasteiger partial charge in [0.1, 0.15) is 2.14 Å². The topological polar surface area (TPSA) is 37.3 Å². The number of halogens is 3. The summed E-state index contributed by atoms with van der Waals surface area (Å²) in [7, 11) is 0. The van der Waals surface area contributed by atoms with E-state index < -0.39 is 5.97 Å². The molecule has 1 aliphatic carbocycles. The first kappa shape index (κ1) is 9.99. The van der Waals surface area contributed by atoms with E-state index in [9.17, 15) is 4.79 Å². The van der Waals surface area contributed by atoms with Crippen LogP contribution >= 0.6 is 47.8 Å². The number of alkyl halides is 3. The van der Waals surface area contributed by atoms with Gasteiger partial charge in [-0.2, -0.15) is 0 Å². The first-order valence-electron chi connectivity index (χ1n) is 3.19. The molecule has 0 aromatic heterocycles. The highest BCUT2D eigenvalue weighted by Crippen LogP contribution is 2.50. The van der Waals surface area contributed by atoms with Gasteiger partial charge >= 0.3 is 5.97 Å². The van der Waals surface area contributed by atoms with Crippen LogP contribution in [0, 0.1) is 11.8 Å². The van der Waals surface area contributed by atoms with Crippen LogP contribution < -0.4 is 0 Å². The number of aliphatic carboxylic acids is 1. The zero-order chi connectivity index (χ0) is 8.65. The van der Waals surface area contributed by atoms with E-state index in [4.69, 9.17) is 5.11 Å². The van der Waals surface area contributed by atoms with E-state index in [2.05, 4.69) is 47.8 Å². The van der Waals surface area contributed by atoms with Crippen molar-refractivity contribution in [2.24, 2.45) is 11.8 Å². The van der Waals surface area contributed by atoms with Crippen molar-refractivity contribution < 1.29 is 9.90 Å². The summed E-state index contributed by atoms with van der Waals surface area (Å²) in [6, 6.07) is 0. The van der Waals surface area contributed by atoms with Crippen LogP contribution in [0.25, 0.3) is 0 Å². The van der Waals surface area contributed by atoms with Crippen LogP contribution in [0.4, 0.5) is 0 Å². The summed E-state index contributed by atoms with van der Waals surface area (Å²) in [6.45, 7) is 0. The van der Waals surface area contributed by atoms with Crippen LogP contribution in [0.1, 0.15) is 12.8 Å². The molecule has 0 heterocycles. The van der Waals surface area contributed by atoms with Gasteiger partial charge in [0.25, 0.3) is 0 Å². The largest absolute Gasteiger partial charge is 0.481 e. The Bertz CT molecular complexity index is 175. The van der Waals surface area contributed by atoms with E-state index in [0.717, 1.165) is 12.8 Å². The number of carboxylic acid groups (broad SMARTS) is 1. The molecule has 1 fully saturated rings. The molecule has 2 unspecified atom stereocenters. The van der Waals surface area contributed by atoms with Crippen LogP contribution in [0.15, 0.2) is 0 Å². The Morgan fingerprint density at radius 3 is 2.36 bits per heavy atom. The summed E-state index contributed by atoms with van der Waals surface area (Å²) in [5.41, 5.74) is 0. The van der Waals surface area contributed by atoms with Gasteiger partial charge in [-0.05, 0) is 18.8 Å². The Morgan fingerprint density at radius 2 is 2.09 bits per heavy atom. The van der Waals surface area contributed by atoms with Gasteiger partial charge in [-0.3, -0.25) is 4.79 Å². The van der Waals surface area contributed by atoms with Crippen molar-refractivity contribution in [1.82, 2.24) is 0 Å². The summed E-state index contributed by atoms with van der Waals surface area (Å²) in [4.78, 5) is 10.4. The van der Waals surface area contributed by atoms with Crippen LogP contribution in [0.5, 0.6) is 0 Å². The second-order valence-corrected chi connectivity index (χ2v) is 10.0. The summed E-state index contributed by atoms with van der Waals surface area (Å²) >= 11 is 10.0. The lowest BCUT2D eigenvalue weighted by molar-refractivity contribution is -0.138. The first-order chi connectivity index (χ1) is 4.90.